The highest BCUT2D eigenvalue weighted by Crippen LogP contribution is 2.34. The Kier molecular flexibility index (Phi) is 5.06. The Morgan fingerprint density at radius 1 is 1.10 bits per heavy atom. The number of pyridine rings is 1. The molecule has 0 aliphatic carbocycles. The van der Waals surface area contributed by atoms with Crippen LogP contribution < -0.4 is 14.8 Å². The lowest BCUT2D eigenvalue weighted by atomic mass is 10.1. The number of benzene rings is 2. The molecule has 1 amide bonds. The van der Waals surface area contributed by atoms with Crippen LogP contribution in [0.4, 0.5) is 5.69 Å². The summed E-state index contributed by atoms with van der Waals surface area (Å²) in [4.78, 5) is 19.5. The lowest BCUT2D eigenvalue weighted by molar-refractivity contribution is 0.0303. The topological polar surface area (TPSA) is 72.9 Å². The molecular weight excluding hydrogens is 406 g/mol. The number of anilines is 1. The van der Waals surface area contributed by atoms with Gasteiger partial charge in [0.1, 0.15) is 0 Å². The van der Waals surface area contributed by atoms with Crippen molar-refractivity contribution in [2.24, 2.45) is 0 Å². The van der Waals surface area contributed by atoms with Crippen LogP contribution in [0.3, 0.4) is 0 Å². The van der Waals surface area contributed by atoms with Crippen LogP contribution in [0.1, 0.15) is 15.9 Å². The van der Waals surface area contributed by atoms with Crippen LogP contribution in [0, 0.1) is 0 Å². The monoisotopic (exact) mass is 425 g/mol. The number of fused-ring (bicyclic) bond motifs is 2. The lowest BCUT2D eigenvalue weighted by Crippen LogP contribution is -2.41. The van der Waals surface area contributed by atoms with E-state index in [2.05, 4.69) is 10.3 Å². The molecule has 8 heteroatoms. The van der Waals surface area contributed by atoms with Crippen molar-refractivity contribution in [3.63, 3.8) is 0 Å². The minimum absolute atomic E-state index is 0.0686. The van der Waals surface area contributed by atoms with Crippen molar-refractivity contribution in [3.05, 3.63) is 58.7 Å². The number of halogens is 1. The molecule has 2 aliphatic rings. The average Bonchev–Trinajstić information content (AvgIpc) is 3.25. The number of nitrogens with one attached hydrogen (secondary N) is 1. The third-order valence-corrected chi connectivity index (χ3v) is 5.50. The highest BCUT2D eigenvalue weighted by atomic mass is 35.5. The highest BCUT2D eigenvalue weighted by Gasteiger charge is 2.23. The van der Waals surface area contributed by atoms with E-state index in [9.17, 15) is 4.79 Å². The second-order valence-corrected chi connectivity index (χ2v) is 7.59. The largest absolute Gasteiger partial charge is 0.454 e. The summed E-state index contributed by atoms with van der Waals surface area (Å²) in [6.07, 6.45) is 1.63. The molecule has 0 atom stereocenters. The summed E-state index contributed by atoms with van der Waals surface area (Å²) in [6, 6.07) is 11.3. The van der Waals surface area contributed by atoms with Crippen molar-refractivity contribution in [3.8, 4) is 11.5 Å². The molecule has 1 saturated heterocycles. The molecule has 1 aromatic heterocycles. The number of hydrogen-bond acceptors (Lipinski definition) is 6. The van der Waals surface area contributed by atoms with E-state index in [-0.39, 0.29) is 12.7 Å². The van der Waals surface area contributed by atoms with Crippen molar-refractivity contribution in [2.45, 2.75) is 6.54 Å². The molecule has 2 aromatic carbocycles. The van der Waals surface area contributed by atoms with E-state index in [1.165, 1.54) is 0 Å². The second kappa shape index (κ2) is 8.01. The molecule has 0 bridgehead atoms. The first-order valence-corrected chi connectivity index (χ1v) is 10.1. The number of morpholine rings is 1. The maximum atomic E-state index is 13.2. The fourth-order valence-electron chi connectivity index (χ4n) is 3.70. The van der Waals surface area contributed by atoms with Crippen molar-refractivity contribution in [1.82, 2.24) is 9.88 Å². The van der Waals surface area contributed by atoms with Crippen LogP contribution >= 0.6 is 11.6 Å². The maximum Gasteiger partial charge on any atom is 0.257 e. The quantitative estimate of drug-likeness (QED) is 0.687. The fraction of sp³-hybridized carbons (Fsp3) is 0.273. The smallest absolute Gasteiger partial charge is 0.257 e. The third kappa shape index (κ3) is 3.62. The number of ether oxygens (including phenoxy) is 3. The Morgan fingerprint density at radius 2 is 1.93 bits per heavy atom. The van der Waals surface area contributed by atoms with Crippen molar-refractivity contribution >= 4 is 34.1 Å². The Morgan fingerprint density at radius 3 is 2.80 bits per heavy atom. The molecule has 154 valence electrons. The number of carbonyl (C=O) groups excluding carboxylic acids is 1. The molecule has 2 aliphatic heterocycles. The van der Waals surface area contributed by atoms with E-state index in [1.54, 1.807) is 17.2 Å². The summed E-state index contributed by atoms with van der Waals surface area (Å²) in [7, 11) is 0. The van der Waals surface area contributed by atoms with Crippen LogP contribution in [0.15, 0.2) is 42.6 Å². The van der Waals surface area contributed by atoms with Crippen LogP contribution in [-0.4, -0.2) is 48.9 Å². The van der Waals surface area contributed by atoms with Crippen LogP contribution in [0.5, 0.6) is 11.5 Å². The molecule has 1 N–H and O–H groups in total. The van der Waals surface area contributed by atoms with Gasteiger partial charge in [0.05, 0.1) is 30.0 Å². The number of carbonyl (C=O) groups is 1. The Bertz CT molecular complexity index is 1110. The van der Waals surface area contributed by atoms with E-state index in [0.29, 0.717) is 43.4 Å². The number of aromatic nitrogens is 1. The molecule has 0 radical (unpaired) electrons. The van der Waals surface area contributed by atoms with Gasteiger partial charge >= 0.3 is 0 Å². The summed E-state index contributed by atoms with van der Waals surface area (Å²) in [5.74, 6) is 1.39. The van der Waals surface area contributed by atoms with Gasteiger partial charge in [-0.1, -0.05) is 17.7 Å². The summed E-state index contributed by atoms with van der Waals surface area (Å²) >= 11 is 6.25. The molecule has 7 nitrogen and oxygen atoms in total. The molecule has 30 heavy (non-hydrogen) atoms. The van der Waals surface area contributed by atoms with Gasteiger partial charge in [-0.15, -0.1) is 0 Å². The number of rotatable bonds is 4. The van der Waals surface area contributed by atoms with E-state index in [0.717, 1.165) is 33.7 Å². The second-order valence-electron chi connectivity index (χ2n) is 7.15. The number of nitrogens with zero attached hydrogens (tertiary/aromatic N) is 2. The Balaban J connectivity index is 1.50. The SMILES string of the molecule is O=C(c1cnc2ccc(Cl)cc2c1NCc1ccc2c(c1)OCO2)N1CCOCC1. The molecule has 1 fully saturated rings. The van der Waals surface area contributed by atoms with E-state index in [1.807, 2.05) is 30.3 Å². The Hall–Kier alpha value is -3.03. The van der Waals surface area contributed by atoms with Gasteiger partial charge < -0.3 is 24.4 Å². The van der Waals surface area contributed by atoms with Crippen molar-refractivity contribution in [2.75, 3.05) is 38.4 Å². The van der Waals surface area contributed by atoms with Crippen molar-refractivity contribution in [1.29, 1.82) is 0 Å². The normalized spacial score (nSPS) is 15.4. The average molecular weight is 426 g/mol. The van der Waals surface area contributed by atoms with Gasteiger partial charge in [-0.2, -0.15) is 0 Å². The summed E-state index contributed by atoms with van der Waals surface area (Å²) < 4.78 is 16.2. The molecule has 3 aromatic rings. The summed E-state index contributed by atoms with van der Waals surface area (Å²) in [5, 5.41) is 4.83. The molecule has 5 rings (SSSR count). The minimum Gasteiger partial charge on any atom is -0.454 e. The molecule has 0 unspecified atom stereocenters. The maximum absolute atomic E-state index is 13.2. The zero-order valence-electron chi connectivity index (χ0n) is 16.2. The molecular formula is C22H20ClN3O4. The molecule has 0 spiro atoms. The zero-order valence-corrected chi connectivity index (χ0v) is 16.9. The zero-order chi connectivity index (χ0) is 20.5. The van der Waals surface area contributed by atoms with Crippen LogP contribution in [-0.2, 0) is 11.3 Å². The number of amides is 1. The number of hydrogen-bond donors (Lipinski definition) is 1. The van der Waals surface area contributed by atoms with Crippen LogP contribution in [0.25, 0.3) is 10.9 Å². The highest BCUT2D eigenvalue weighted by molar-refractivity contribution is 6.31. The Labute approximate surface area is 178 Å². The molecule has 3 heterocycles. The fourth-order valence-corrected chi connectivity index (χ4v) is 3.87. The third-order valence-electron chi connectivity index (χ3n) is 5.26. The van der Waals surface area contributed by atoms with Gasteiger partial charge in [0, 0.05) is 36.2 Å². The summed E-state index contributed by atoms with van der Waals surface area (Å²) in [6.45, 7) is 2.95. The summed E-state index contributed by atoms with van der Waals surface area (Å²) in [5.41, 5.74) is 3.02. The van der Waals surface area contributed by atoms with Gasteiger partial charge in [-0.25, -0.2) is 0 Å². The molecule has 0 saturated carbocycles. The van der Waals surface area contributed by atoms with Gasteiger partial charge in [-0.05, 0) is 35.9 Å². The lowest BCUT2D eigenvalue weighted by Gasteiger charge is -2.28. The van der Waals surface area contributed by atoms with Gasteiger partial charge in [0.25, 0.3) is 5.91 Å². The van der Waals surface area contributed by atoms with Gasteiger partial charge in [0.2, 0.25) is 6.79 Å². The first-order chi connectivity index (χ1) is 14.7. The first-order valence-electron chi connectivity index (χ1n) is 9.77. The van der Waals surface area contributed by atoms with E-state index in [4.69, 9.17) is 25.8 Å². The van der Waals surface area contributed by atoms with E-state index >= 15 is 0 Å². The van der Waals surface area contributed by atoms with Gasteiger partial charge in [-0.3, -0.25) is 9.78 Å². The van der Waals surface area contributed by atoms with E-state index < -0.39 is 0 Å². The van der Waals surface area contributed by atoms with Crippen LogP contribution in [0.2, 0.25) is 5.02 Å². The first kappa shape index (κ1) is 19.0. The predicted molar refractivity (Wildman–Crippen MR) is 113 cm³/mol. The predicted octanol–water partition coefficient (Wildman–Crippen LogP) is 3.70. The minimum atomic E-state index is -0.0686. The standard InChI is InChI=1S/C22H20ClN3O4/c23-15-2-3-18-16(10-15)21(17(12-24-18)22(27)26-5-7-28-8-6-26)25-11-14-1-4-19-20(9-14)30-13-29-19/h1-4,9-10,12H,5-8,11,13H2,(H,24,25). The van der Waals surface area contributed by atoms with Gasteiger partial charge in [0.15, 0.2) is 11.5 Å². The van der Waals surface area contributed by atoms with Crippen molar-refractivity contribution < 1.29 is 19.0 Å².